The number of hydrogen-bond donors (Lipinski definition) is 0. The molecule has 0 saturated carbocycles. The van der Waals surface area contributed by atoms with Gasteiger partial charge in [0.25, 0.3) is 0 Å². The lowest BCUT2D eigenvalue weighted by Gasteiger charge is -2.20. The van der Waals surface area contributed by atoms with Gasteiger partial charge in [-0.05, 0) is 61.9 Å². The smallest absolute Gasteiger partial charge is 0.192 e. The first kappa shape index (κ1) is 18.1. The van der Waals surface area contributed by atoms with Crippen molar-refractivity contribution in [2.75, 3.05) is 0 Å². The number of rotatable bonds is 4. The summed E-state index contributed by atoms with van der Waals surface area (Å²) in [6, 6.07) is 9.19. The number of nitrogens with zero attached hydrogens (tertiary/aromatic N) is 5. The van der Waals surface area contributed by atoms with Gasteiger partial charge in [-0.2, -0.15) is 5.26 Å². The molecule has 0 fully saturated rings. The highest BCUT2D eigenvalue weighted by Crippen LogP contribution is 2.39. The molecule has 2 unspecified atom stereocenters. The Morgan fingerprint density at radius 3 is 2.93 bits per heavy atom. The van der Waals surface area contributed by atoms with E-state index in [0.29, 0.717) is 17.1 Å². The van der Waals surface area contributed by atoms with Gasteiger partial charge in [0.1, 0.15) is 16.9 Å². The lowest BCUT2D eigenvalue weighted by atomic mass is 9.86. The second-order valence-electron chi connectivity index (χ2n) is 7.58. The molecular weight excluding hydrogens is 382 g/mol. The average Bonchev–Trinajstić information content (AvgIpc) is 3.34. The number of nitriles is 1. The molecule has 2 atom stereocenters. The van der Waals surface area contributed by atoms with Gasteiger partial charge >= 0.3 is 0 Å². The molecule has 146 valence electrons. The zero-order valence-corrected chi connectivity index (χ0v) is 17.2. The molecule has 3 heterocycles. The molecule has 3 aromatic heterocycles. The van der Waals surface area contributed by atoms with Crippen molar-refractivity contribution >= 4 is 27.2 Å². The van der Waals surface area contributed by atoms with E-state index in [-0.39, 0.29) is 6.10 Å². The van der Waals surface area contributed by atoms with E-state index in [4.69, 9.17) is 15.0 Å². The molecule has 5 rings (SSSR count). The number of aryl methyl sites for hydroxylation is 1. The largest absolute Gasteiger partial charge is 0.483 e. The summed E-state index contributed by atoms with van der Waals surface area (Å²) in [5.41, 5.74) is 2.89. The number of aromatic nitrogens is 4. The van der Waals surface area contributed by atoms with Crippen molar-refractivity contribution in [2.24, 2.45) is 5.92 Å². The Labute approximate surface area is 172 Å². The van der Waals surface area contributed by atoms with Crippen molar-refractivity contribution in [2.45, 2.75) is 45.6 Å². The zero-order chi connectivity index (χ0) is 20.0. The third-order valence-electron chi connectivity index (χ3n) is 5.74. The summed E-state index contributed by atoms with van der Waals surface area (Å²) in [5.74, 6) is 2.10. The average molecular weight is 404 g/mol. The van der Waals surface area contributed by atoms with Gasteiger partial charge in [0.2, 0.25) is 0 Å². The Bertz CT molecular complexity index is 1230. The molecule has 0 spiro atoms. The zero-order valence-electron chi connectivity index (χ0n) is 16.4. The fraction of sp³-hybridized carbons (Fsp3) is 0.364. The normalized spacial score (nSPS) is 17.2. The molecule has 0 radical (unpaired) electrons. The topological polar surface area (TPSA) is 76.1 Å². The van der Waals surface area contributed by atoms with Crippen molar-refractivity contribution in [1.82, 2.24) is 19.6 Å². The van der Waals surface area contributed by atoms with Crippen molar-refractivity contribution in [3.05, 3.63) is 52.4 Å². The van der Waals surface area contributed by atoms with Gasteiger partial charge in [-0.3, -0.25) is 0 Å². The molecule has 4 aromatic rings. The van der Waals surface area contributed by atoms with Crippen molar-refractivity contribution in [1.29, 1.82) is 5.26 Å². The van der Waals surface area contributed by atoms with Gasteiger partial charge in [-0.1, -0.05) is 13.3 Å². The van der Waals surface area contributed by atoms with Crippen LogP contribution in [0.25, 0.3) is 15.9 Å². The predicted octanol–water partition coefficient (Wildman–Crippen LogP) is 4.87. The lowest BCUT2D eigenvalue weighted by Crippen LogP contribution is -2.11. The van der Waals surface area contributed by atoms with E-state index in [1.807, 2.05) is 18.3 Å². The van der Waals surface area contributed by atoms with E-state index in [1.54, 1.807) is 35.1 Å². The summed E-state index contributed by atoms with van der Waals surface area (Å²) in [5, 5.41) is 14.7. The summed E-state index contributed by atoms with van der Waals surface area (Å²) < 4.78 is 7.77. The summed E-state index contributed by atoms with van der Waals surface area (Å²) >= 11 is 1.81. The molecule has 1 aromatic carbocycles. The van der Waals surface area contributed by atoms with Crippen LogP contribution in [0.4, 0.5) is 0 Å². The predicted molar refractivity (Wildman–Crippen MR) is 112 cm³/mol. The molecule has 0 bridgehead atoms. The van der Waals surface area contributed by atoms with Crippen molar-refractivity contribution < 1.29 is 4.74 Å². The summed E-state index contributed by atoms with van der Waals surface area (Å²) in [4.78, 5) is 12.0. The Morgan fingerprint density at radius 1 is 1.34 bits per heavy atom. The van der Waals surface area contributed by atoms with Crippen LogP contribution in [-0.4, -0.2) is 19.6 Å². The molecule has 0 amide bonds. The van der Waals surface area contributed by atoms with Crippen LogP contribution in [0.15, 0.2) is 30.6 Å². The summed E-state index contributed by atoms with van der Waals surface area (Å²) in [7, 11) is 0. The van der Waals surface area contributed by atoms with Crippen LogP contribution in [0, 0.1) is 17.2 Å². The fourth-order valence-corrected chi connectivity index (χ4v) is 5.34. The maximum Gasteiger partial charge on any atom is 0.192 e. The van der Waals surface area contributed by atoms with Gasteiger partial charge in [0.05, 0.1) is 17.0 Å². The van der Waals surface area contributed by atoms with Crippen molar-refractivity contribution in [3.8, 4) is 11.8 Å². The van der Waals surface area contributed by atoms with E-state index in [0.717, 1.165) is 34.6 Å². The van der Waals surface area contributed by atoms with Gasteiger partial charge < -0.3 is 4.74 Å². The minimum absolute atomic E-state index is 0.309. The Balaban J connectivity index is 1.50. The number of benzene rings is 1. The number of thiophene rings is 1. The SMILES string of the molecule is CCC1CCc2c(sc3ncn4nc(C(C)Oc5ccc(C#N)cc5)nc4c23)C1. The second-order valence-corrected chi connectivity index (χ2v) is 8.66. The maximum absolute atomic E-state index is 8.93. The van der Waals surface area contributed by atoms with Crippen molar-refractivity contribution in [3.63, 3.8) is 0 Å². The van der Waals surface area contributed by atoms with E-state index in [2.05, 4.69) is 23.1 Å². The van der Waals surface area contributed by atoms with Gasteiger partial charge in [-0.25, -0.2) is 14.5 Å². The second kappa shape index (κ2) is 7.12. The summed E-state index contributed by atoms with van der Waals surface area (Å²) in [6.07, 6.45) is 6.15. The van der Waals surface area contributed by atoms with Gasteiger partial charge in [0.15, 0.2) is 17.6 Å². The minimum Gasteiger partial charge on any atom is -0.483 e. The number of ether oxygens (including phenoxy) is 1. The van der Waals surface area contributed by atoms with Crippen LogP contribution in [0.3, 0.4) is 0 Å². The van der Waals surface area contributed by atoms with Gasteiger partial charge in [0, 0.05) is 4.88 Å². The first-order valence-electron chi connectivity index (χ1n) is 9.98. The van der Waals surface area contributed by atoms with Gasteiger partial charge in [-0.15, -0.1) is 16.4 Å². The number of fused-ring (bicyclic) bond motifs is 5. The lowest BCUT2D eigenvalue weighted by molar-refractivity contribution is 0.216. The van der Waals surface area contributed by atoms with E-state index >= 15 is 0 Å². The molecule has 6 nitrogen and oxygen atoms in total. The Kier molecular flexibility index (Phi) is 4.44. The molecule has 0 saturated heterocycles. The Morgan fingerprint density at radius 2 is 2.17 bits per heavy atom. The molecule has 29 heavy (non-hydrogen) atoms. The van der Waals surface area contributed by atoms with Crippen LogP contribution in [0.2, 0.25) is 0 Å². The molecule has 0 aliphatic heterocycles. The maximum atomic E-state index is 8.93. The molecule has 1 aliphatic rings. The highest BCUT2D eigenvalue weighted by Gasteiger charge is 2.25. The molecule has 7 heteroatoms. The highest BCUT2D eigenvalue weighted by atomic mass is 32.1. The third-order valence-corrected chi connectivity index (χ3v) is 6.90. The van der Waals surface area contributed by atoms with Crippen LogP contribution >= 0.6 is 11.3 Å². The van der Waals surface area contributed by atoms with E-state index < -0.39 is 0 Å². The monoisotopic (exact) mass is 403 g/mol. The van der Waals surface area contributed by atoms with Crippen LogP contribution < -0.4 is 4.74 Å². The quantitative estimate of drug-likeness (QED) is 0.486. The van der Waals surface area contributed by atoms with Crippen LogP contribution in [0.5, 0.6) is 5.75 Å². The molecule has 0 N–H and O–H groups in total. The van der Waals surface area contributed by atoms with Crippen LogP contribution in [0.1, 0.15) is 54.6 Å². The fourth-order valence-electron chi connectivity index (χ4n) is 4.04. The van der Waals surface area contributed by atoms with E-state index in [1.165, 1.54) is 23.3 Å². The molecule has 1 aliphatic carbocycles. The number of hydrogen-bond acceptors (Lipinski definition) is 6. The minimum atomic E-state index is -0.309. The van der Waals surface area contributed by atoms with Crippen LogP contribution in [-0.2, 0) is 12.8 Å². The van der Waals surface area contributed by atoms with E-state index in [9.17, 15) is 0 Å². The first-order valence-corrected chi connectivity index (χ1v) is 10.8. The Hall–Kier alpha value is -2.98. The third kappa shape index (κ3) is 3.14. The summed E-state index contributed by atoms with van der Waals surface area (Å²) in [6.45, 7) is 4.21. The highest BCUT2D eigenvalue weighted by molar-refractivity contribution is 7.19. The standard InChI is InChI=1S/C22H21N5OS/c1-3-14-6-9-17-18(10-14)29-22-19(17)21-25-20(26-27(21)12-24-22)13(2)28-16-7-4-15(11-23)5-8-16/h4-5,7-8,12-14H,3,6,9-10H2,1-2H3. The first-order chi connectivity index (χ1) is 14.2. The molecular formula is C22H21N5OS.